The quantitative estimate of drug-likeness (QED) is 0.838. The Labute approximate surface area is 111 Å². The van der Waals surface area contributed by atoms with E-state index in [2.05, 4.69) is 17.1 Å². The van der Waals surface area contributed by atoms with Crippen LogP contribution in [0.25, 0.3) is 0 Å². The molecule has 0 unspecified atom stereocenters. The molecule has 3 rings (SSSR count). The van der Waals surface area contributed by atoms with Gasteiger partial charge in [0.25, 0.3) is 5.91 Å². The second kappa shape index (κ2) is 4.53. The zero-order chi connectivity index (χ0) is 13.4. The molecular weight excluding hydrogens is 243 g/mol. The number of halogens is 1. The number of carbonyl (C=O) groups is 1. The lowest BCUT2D eigenvalue weighted by atomic mass is 9.99. The van der Waals surface area contributed by atoms with Crippen LogP contribution in [0.4, 0.5) is 10.1 Å². The van der Waals surface area contributed by atoms with Gasteiger partial charge in [0.1, 0.15) is 11.5 Å². The van der Waals surface area contributed by atoms with E-state index in [-0.39, 0.29) is 5.91 Å². The normalized spacial score (nSPS) is 14.3. The van der Waals surface area contributed by atoms with Crippen LogP contribution in [0.5, 0.6) is 0 Å². The Bertz CT molecular complexity index is 633. The molecule has 1 aromatic carbocycles. The van der Waals surface area contributed by atoms with Crippen LogP contribution in [-0.2, 0) is 6.42 Å². The van der Waals surface area contributed by atoms with Crippen LogP contribution in [0.15, 0.2) is 30.5 Å². The summed E-state index contributed by atoms with van der Waals surface area (Å²) < 4.78 is 13.0. The molecule has 0 saturated heterocycles. The first kappa shape index (κ1) is 12.0. The van der Waals surface area contributed by atoms with Crippen LogP contribution in [0, 0.1) is 12.7 Å². The van der Waals surface area contributed by atoms with Crippen LogP contribution >= 0.6 is 0 Å². The lowest BCUT2D eigenvalue weighted by molar-refractivity contribution is 0.0981. The van der Waals surface area contributed by atoms with Crippen molar-refractivity contribution >= 4 is 11.6 Å². The molecule has 19 heavy (non-hydrogen) atoms. The highest BCUT2D eigenvalue weighted by molar-refractivity contribution is 6.05. The SMILES string of the molecule is Cc1ccc2c(c1)N(C(=O)c1cc(F)c[nH]1)CCC2. The van der Waals surface area contributed by atoms with Gasteiger partial charge in [-0.3, -0.25) is 4.79 Å². The van der Waals surface area contributed by atoms with Crippen molar-refractivity contribution < 1.29 is 9.18 Å². The van der Waals surface area contributed by atoms with E-state index in [9.17, 15) is 9.18 Å². The molecule has 4 heteroatoms. The minimum absolute atomic E-state index is 0.171. The van der Waals surface area contributed by atoms with E-state index < -0.39 is 5.82 Å². The third-order valence-corrected chi connectivity index (χ3v) is 3.48. The first-order chi connectivity index (χ1) is 9.15. The molecule has 1 amide bonds. The number of H-pyrrole nitrogens is 1. The highest BCUT2D eigenvalue weighted by Crippen LogP contribution is 2.29. The fourth-order valence-corrected chi connectivity index (χ4v) is 2.53. The summed E-state index contributed by atoms with van der Waals surface area (Å²) in [5, 5.41) is 0. The number of aromatic amines is 1. The number of aryl methyl sites for hydroxylation is 2. The number of hydrogen-bond acceptors (Lipinski definition) is 1. The molecule has 0 radical (unpaired) electrons. The smallest absolute Gasteiger partial charge is 0.274 e. The van der Waals surface area contributed by atoms with Crippen molar-refractivity contribution in [3.05, 3.63) is 53.1 Å². The Kier molecular flexibility index (Phi) is 2.85. The molecule has 0 spiro atoms. The number of aromatic nitrogens is 1. The minimum atomic E-state index is -0.412. The predicted octanol–water partition coefficient (Wildman–Crippen LogP) is 3.06. The number of nitrogens with one attached hydrogen (secondary N) is 1. The Morgan fingerprint density at radius 3 is 2.95 bits per heavy atom. The minimum Gasteiger partial charge on any atom is -0.355 e. The van der Waals surface area contributed by atoms with Gasteiger partial charge in [-0.15, -0.1) is 0 Å². The van der Waals surface area contributed by atoms with Crippen molar-refractivity contribution in [1.82, 2.24) is 4.98 Å². The molecule has 1 aromatic heterocycles. The van der Waals surface area contributed by atoms with Crippen LogP contribution in [-0.4, -0.2) is 17.4 Å². The van der Waals surface area contributed by atoms with Crippen LogP contribution in [0.1, 0.15) is 28.0 Å². The number of fused-ring (bicyclic) bond motifs is 1. The van der Waals surface area contributed by atoms with Crippen LogP contribution < -0.4 is 4.90 Å². The van der Waals surface area contributed by atoms with E-state index in [1.54, 1.807) is 4.90 Å². The summed E-state index contributed by atoms with van der Waals surface area (Å²) in [5.41, 5.74) is 3.55. The molecule has 1 aliphatic rings. The number of anilines is 1. The molecule has 0 fully saturated rings. The van der Waals surface area contributed by atoms with E-state index in [1.807, 2.05) is 13.0 Å². The summed E-state index contributed by atoms with van der Waals surface area (Å²) in [6.45, 7) is 2.68. The third-order valence-electron chi connectivity index (χ3n) is 3.48. The second-order valence-corrected chi connectivity index (χ2v) is 4.92. The largest absolute Gasteiger partial charge is 0.355 e. The molecule has 98 valence electrons. The first-order valence-corrected chi connectivity index (χ1v) is 6.40. The Balaban J connectivity index is 1.99. The molecule has 1 N–H and O–H groups in total. The molecule has 0 aliphatic carbocycles. The first-order valence-electron chi connectivity index (χ1n) is 6.40. The van der Waals surface area contributed by atoms with Crippen molar-refractivity contribution in [2.24, 2.45) is 0 Å². The van der Waals surface area contributed by atoms with Gasteiger partial charge in [0.05, 0.1) is 0 Å². The number of rotatable bonds is 1. The summed E-state index contributed by atoms with van der Waals surface area (Å²) in [7, 11) is 0. The standard InChI is InChI=1S/C15H15FN2O/c1-10-4-5-11-3-2-6-18(14(11)7-10)15(19)13-8-12(16)9-17-13/h4-5,7-9,17H,2-3,6H2,1H3. The summed E-state index contributed by atoms with van der Waals surface area (Å²) in [5.74, 6) is -0.583. The Morgan fingerprint density at radius 2 is 2.21 bits per heavy atom. The van der Waals surface area contributed by atoms with E-state index in [0.29, 0.717) is 12.2 Å². The molecular formula is C15H15FN2O. The zero-order valence-corrected chi connectivity index (χ0v) is 10.7. The van der Waals surface area contributed by atoms with Gasteiger partial charge < -0.3 is 9.88 Å². The predicted molar refractivity (Wildman–Crippen MR) is 71.9 cm³/mol. The maximum atomic E-state index is 13.0. The monoisotopic (exact) mass is 258 g/mol. The van der Waals surface area contributed by atoms with Gasteiger partial charge in [-0.1, -0.05) is 12.1 Å². The fraction of sp³-hybridized carbons (Fsp3) is 0.267. The maximum absolute atomic E-state index is 13.0. The van der Waals surface area contributed by atoms with Crippen molar-refractivity contribution in [1.29, 1.82) is 0 Å². The Morgan fingerprint density at radius 1 is 1.37 bits per heavy atom. The van der Waals surface area contributed by atoms with Gasteiger partial charge in [0.15, 0.2) is 0 Å². The highest BCUT2D eigenvalue weighted by Gasteiger charge is 2.24. The summed E-state index contributed by atoms with van der Waals surface area (Å²) >= 11 is 0. The van der Waals surface area contributed by atoms with E-state index in [4.69, 9.17) is 0 Å². The van der Waals surface area contributed by atoms with Gasteiger partial charge in [-0.2, -0.15) is 0 Å². The molecule has 1 aliphatic heterocycles. The second-order valence-electron chi connectivity index (χ2n) is 4.92. The lowest BCUT2D eigenvalue weighted by Crippen LogP contribution is -2.35. The summed E-state index contributed by atoms with van der Waals surface area (Å²) in [6, 6.07) is 7.39. The van der Waals surface area contributed by atoms with Crippen molar-refractivity contribution in [2.45, 2.75) is 19.8 Å². The van der Waals surface area contributed by atoms with Gasteiger partial charge in [0, 0.05) is 24.5 Å². The summed E-state index contributed by atoms with van der Waals surface area (Å²) in [6.07, 6.45) is 3.12. The van der Waals surface area contributed by atoms with Crippen molar-refractivity contribution in [3.63, 3.8) is 0 Å². The molecule has 0 bridgehead atoms. The van der Waals surface area contributed by atoms with Gasteiger partial charge in [0.2, 0.25) is 0 Å². The average molecular weight is 258 g/mol. The molecule has 2 heterocycles. The number of amides is 1. The van der Waals surface area contributed by atoms with Crippen molar-refractivity contribution in [2.75, 3.05) is 11.4 Å². The van der Waals surface area contributed by atoms with Crippen LogP contribution in [0.3, 0.4) is 0 Å². The Hall–Kier alpha value is -2.10. The van der Waals surface area contributed by atoms with E-state index in [1.165, 1.54) is 17.8 Å². The maximum Gasteiger partial charge on any atom is 0.274 e. The van der Waals surface area contributed by atoms with Gasteiger partial charge in [-0.05, 0) is 37.0 Å². The number of hydrogen-bond donors (Lipinski definition) is 1. The number of nitrogens with zero attached hydrogens (tertiary/aromatic N) is 1. The molecule has 0 saturated carbocycles. The average Bonchev–Trinajstić information content (AvgIpc) is 2.84. The topological polar surface area (TPSA) is 36.1 Å². The van der Waals surface area contributed by atoms with Crippen molar-refractivity contribution in [3.8, 4) is 0 Å². The molecule has 2 aromatic rings. The fourth-order valence-electron chi connectivity index (χ4n) is 2.53. The lowest BCUT2D eigenvalue weighted by Gasteiger charge is -2.29. The van der Waals surface area contributed by atoms with Crippen LogP contribution in [0.2, 0.25) is 0 Å². The third kappa shape index (κ3) is 2.14. The number of benzene rings is 1. The highest BCUT2D eigenvalue weighted by atomic mass is 19.1. The molecule has 0 atom stereocenters. The summed E-state index contributed by atoms with van der Waals surface area (Å²) in [4.78, 5) is 16.8. The van der Waals surface area contributed by atoms with E-state index in [0.717, 1.165) is 24.1 Å². The van der Waals surface area contributed by atoms with Gasteiger partial charge >= 0.3 is 0 Å². The van der Waals surface area contributed by atoms with Gasteiger partial charge in [-0.25, -0.2) is 4.39 Å². The number of carbonyl (C=O) groups excluding carboxylic acids is 1. The zero-order valence-electron chi connectivity index (χ0n) is 10.7. The van der Waals surface area contributed by atoms with E-state index >= 15 is 0 Å². The molecule has 3 nitrogen and oxygen atoms in total.